The summed E-state index contributed by atoms with van der Waals surface area (Å²) >= 11 is 1.83. The van der Waals surface area contributed by atoms with Gasteiger partial charge in [0.15, 0.2) is 0 Å². The minimum absolute atomic E-state index is 0.302. The van der Waals surface area contributed by atoms with Gasteiger partial charge in [-0.25, -0.2) is 4.79 Å². The van der Waals surface area contributed by atoms with Crippen LogP contribution in [0.4, 0.5) is 4.79 Å². The third-order valence-electron chi connectivity index (χ3n) is 2.19. The van der Waals surface area contributed by atoms with Crippen LogP contribution in [-0.4, -0.2) is 29.2 Å². The van der Waals surface area contributed by atoms with E-state index in [1.807, 2.05) is 32.5 Å². The van der Waals surface area contributed by atoms with Gasteiger partial charge in [0.05, 0.1) is 0 Å². The SMILES string of the molecule is CSC1(CNC(=O)OC(C)(C)C)CC1. The maximum absolute atomic E-state index is 11.3. The summed E-state index contributed by atoms with van der Waals surface area (Å²) in [6, 6.07) is 0. The molecule has 3 nitrogen and oxygen atoms in total. The van der Waals surface area contributed by atoms with E-state index < -0.39 is 5.60 Å². The standard InChI is InChI=1S/C10H19NO2S/c1-9(2,3)13-8(12)11-7-10(14-4)5-6-10/h5-7H2,1-4H3,(H,11,12). The predicted molar refractivity (Wildman–Crippen MR) is 59.7 cm³/mol. The van der Waals surface area contributed by atoms with Crippen LogP contribution >= 0.6 is 11.8 Å². The lowest BCUT2D eigenvalue weighted by Gasteiger charge is -2.21. The smallest absolute Gasteiger partial charge is 0.407 e. The van der Waals surface area contributed by atoms with E-state index in [2.05, 4.69) is 11.6 Å². The molecular formula is C10H19NO2S. The van der Waals surface area contributed by atoms with Crippen molar-refractivity contribution in [2.45, 2.75) is 44.0 Å². The Balaban J connectivity index is 2.22. The predicted octanol–water partition coefficient (Wildman–Crippen LogP) is 2.41. The van der Waals surface area contributed by atoms with Gasteiger partial charge in [0.1, 0.15) is 5.60 Å². The van der Waals surface area contributed by atoms with E-state index in [0.29, 0.717) is 4.75 Å². The number of alkyl carbamates (subject to hydrolysis) is 1. The molecule has 1 saturated carbocycles. The van der Waals surface area contributed by atoms with Crippen LogP contribution in [0.3, 0.4) is 0 Å². The molecule has 0 unspecified atom stereocenters. The van der Waals surface area contributed by atoms with Gasteiger partial charge in [-0.15, -0.1) is 0 Å². The molecule has 0 bridgehead atoms. The van der Waals surface area contributed by atoms with Gasteiger partial charge < -0.3 is 10.1 Å². The second-order valence-electron chi connectivity index (χ2n) is 4.74. The lowest BCUT2D eigenvalue weighted by Crippen LogP contribution is -2.36. The van der Waals surface area contributed by atoms with Gasteiger partial charge >= 0.3 is 6.09 Å². The van der Waals surface area contributed by atoms with Crippen LogP contribution in [0.1, 0.15) is 33.6 Å². The van der Waals surface area contributed by atoms with Crippen molar-refractivity contribution >= 4 is 17.9 Å². The topological polar surface area (TPSA) is 38.3 Å². The van der Waals surface area contributed by atoms with Gasteiger partial charge in [-0.1, -0.05) is 0 Å². The first-order valence-electron chi connectivity index (χ1n) is 4.89. The Labute approximate surface area is 90.0 Å². The molecule has 1 aliphatic rings. The van der Waals surface area contributed by atoms with Crippen LogP contribution in [0.2, 0.25) is 0 Å². The quantitative estimate of drug-likeness (QED) is 0.789. The van der Waals surface area contributed by atoms with E-state index in [-0.39, 0.29) is 6.09 Å². The van der Waals surface area contributed by atoms with Crippen LogP contribution < -0.4 is 5.32 Å². The minimum atomic E-state index is -0.403. The first kappa shape index (κ1) is 11.7. The van der Waals surface area contributed by atoms with Crippen LogP contribution in [0, 0.1) is 0 Å². The first-order chi connectivity index (χ1) is 6.37. The molecule has 0 aliphatic heterocycles. The molecule has 1 rings (SSSR count). The number of hydrogen-bond donors (Lipinski definition) is 1. The third-order valence-corrected chi connectivity index (χ3v) is 3.61. The number of nitrogens with one attached hydrogen (secondary N) is 1. The van der Waals surface area contributed by atoms with Crippen LogP contribution in [0.25, 0.3) is 0 Å². The normalized spacial score (nSPS) is 18.9. The summed E-state index contributed by atoms with van der Waals surface area (Å²) < 4.78 is 5.45. The van der Waals surface area contributed by atoms with Crippen molar-refractivity contribution in [2.75, 3.05) is 12.8 Å². The highest BCUT2D eigenvalue weighted by Crippen LogP contribution is 2.46. The largest absolute Gasteiger partial charge is 0.444 e. The average molecular weight is 217 g/mol. The van der Waals surface area contributed by atoms with Gasteiger partial charge in [-0.3, -0.25) is 0 Å². The number of amides is 1. The number of hydrogen-bond acceptors (Lipinski definition) is 3. The maximum atomic E-state index is 11.3. The van der Waals surface area contributed by atoms with Gasteiger partial charge in [0.2, 0.25) is 0 Å². The fraction of sp³-hybridized carbons (Fsp3) is 0.900. The Morgan fingerprint density at radius 2 is 2.07 bits per heavy atom. The van der Waals surface area contributed by atoms with E-state index in [1.165, 1.54) is 12.8 Å². The molecule has 4 heteroatoms. The zero-order valence-electron chi connectivity index (χ0n) is 9.35. The molecule has 1 amide bonds. The van der Waals surface area contributed by atoms with Crippen molar-refractivity contribution in [3.05, 3.63) is 0 Å². The van der Waals surface area contributed by atoms with Crippen molar-refractivity contribution in [2.24, 2.45) is 0 Å². The number of carbonyl (C=O) groups excluding carboxylic acids is 1. The second-order valence-corrected chi connectivity index (χ2v) is 6.02. The zero-order valence-corrected chi connectivity index (χ0v) is 10.2. The summed E-state index contributed by atoms with van der Waals surface area (Å²) in [5.74, 6) is 0. The Hall–Kier alpha value is -0.380. The number of thioether (sulfide) groups is 1. The van der Waals surface area contributed by atoms with E-state index in [0.717, 1.165) is 6.54 Å². The minimum Gasteiger partial charge on any atom is -0.444 e. The molecule has 1 aliphatic carbocycles. The van der Waals surface area contributed by atoms with Crippen LogP contribution in [0.5, 0.6) is 0 Å². The molecule has 0 heterocycles. The fourth-order valence-corrected chi connectivity index (χ4v) is 1.87. The Bertz CT molecular complexity index is 219. The molecule has 0 aromatic rings. The van der Waals surface area contributed by atoms with Crippen molar-refractivity contribution in [3.8, 4) is 0 Å². The Morgan fingerprint density at radius 3 is 2.43 bits per heavy atom. The summed E-state index contributed by atoms with van der Waals surface area (Å²) in [4.78, 5) is 11.3. The molecule has 0 saturated heterocycles. The Morgan fingerprint density at radius 1 is 1.50 bits per heavy atom. The summed E-state index contributed by atoms with van der Waals surface area (Å²) in [5, 5.41) is 2.81. The first-order valence-corrected chi connectivity index (χ1v) is 6.11. The molecule has 1 fully saturated rings. The van der Waals surface area contributed by atoms with Gasteiger partial charge in [-0.2, -0.15) is 11.8 Å². The maximum Gasteiger partial charge on any atom is 0.407 e. The van der Waals surface area contributed by atoms with Crippen molar-refractivity contribution in [1.29, 1.82) is 0 Å². The molecule has 0 radical (unpaired) electrons. The lowest BCUT2D eigenvalue weighted by molar-refractivity contribution is 0.0527. The zero-order chi connectivity index (χ0) is 10.8. The third kappa shape index (κ3) is 3.78. The van der Waals surface area contributed by atoms with Gasteiger partial charge in [0.25, 0.3) is 0 Å². The monoisotopic (exact) mass is 217 g/mol. The molecule has 14 heavy (non-hydrogen) atoms. The van der Waals surface area contributed by atoms with Gasteiger partial charge in [-0.05, 0) is 39.9 Å². The van der Waals surface area contributed by atoms with Crippen molar-refractivity contribution < 1.29 is 9.53 Å². The molecule has 0 aromatic heterocycles. The molecule has 0 aromatic carbocycles. The molecular weight excluding hydrogens is 198 g/mol. The van der Waals surface area contributed by atoms with E-state index >= 15 is 0 Å². The van der Waals surface area contributed by atoms with E-state index in [1.54, 1.807) is 0 Å². The molecule has 82 valence electrons. The highest BCUT2D eigenvalue weighted by molar-refractivity contribution is 8.00. The lowest BCUT2D eigenvalue weighted by atomic mass is 10.2. The number of carbonyl (C=O) groups is 1. The van der Waals surface area contributed by atoms with Crippen molar-refractivity contribution in [1.82, 2.24) is 5.32 Å². The van der Waals surface area contributed by atoms with E-state index in [9.17, 15) is 4.79 Å². The second kappa shape index (κ2) is 4.01. The van der Waals surface area contributed by atoms with Crippen LogP contribution in [0.15, 0.2) is 0 Å². The molecule has 1 N–H and O–H groups in total. The summed E-state index contributed by atoms with van der Waals surface area (Å²) in [6.45, 7) is 6.33. The number of ether oxygens (including phenoxy) is 1. The summed E-state index contributed by atoms with van der Waals surface area (Å²) in [5.41, 5.74) is -0.403. The highest BCUT2D eigenvalue weighted by atomic mass is 32.2. The van der Waals surface area contributed by atoms with Crippen molar-refractivity contribution in [3.63, 3.8) is 0 Å². The molecule has 0 spiro atoms. The van der Waals surface area contributed by atoms with Crippen LogP contribution in [-0.2, 0) is 4.74 Å². The molecule has 0 atom stereocenters. The fourth-order valence-electron chi connectivity index (χ4n) is 1.14. The Kier molecular flexibility index (Phi) is 3.35. The average Bonchev–Trinajstić information content (AvgIpc) is 2.78. The summed E-state index contributed by atoms with van der Waals surface area (Å²) in [6.07, 6.45) is 4.18. The van der Waals surface area contributed by atoms with E-state index in [4.69, 9.17) is 4.74 Å². The van der Waals surface area contributed by atoms with Gasteiger partial charge in [0, 0.05) is 11.3 Å². The number of rotatable bonds is 3. The summed E-state index contributed by atoms with van der Waals surface area (Å²) in [7, 11) is 0. The highest BCUT2D eigenvalue weighted by Gasteiger charge is 2.42.